The van der Waals surface area contributed by atoms with Gasteiger partial charge < -0.3 is 14.2 Å². The molecular formula is C22H26N4O3S. The van der Waals surface area contributed by atoms with Crippen LogP contribution in [0.4, 0.5) is 0 Å². The fraction of sp³-hybridized carbons (Fsp3) is 0.545. The molecule has 2 saturated heterocycles. The number of para-hydroxylation sites is 1. The van der Waals surface area contributed by atoms with Gasteiger partial charge in [0.2, 0.25) is 11.8 Å². The van der Waals surface area contributed by atoms with Crippen molar-refractivity contribution in [2.45, 2.75) is 50.4 Å². The second-order valence-electron chi connectivity index (χ2n) is 8.13. The number of piperidine rings is 1. The van der Waals surface area contributed by atoms with Crippen LogP contribution in [0, 0.1) is 0 Å². The van der Waals surface area contributed by atoms with Gasteiger partial charge in [0.1, 0.15) is 0 Å². The number of amides is 1. The van der Waals surface area contributed by atoms with Crippen LogP contribution in [-0.4, -0.2) is 52.2 Å². The average molecular weight is 427 g/mol. The minimum Gasteiger partial charge on any atom is -0.381 e. The number of ether oxygens (including phenoxy) is 1. The lowest BCUT2D eigenvalue weighted by Crippen LogP contribution is -2.39. The minimum absolute atomic E-state index is 0.131. The molecule has 0 radical (unpaired) electrons. The van der Waals surface area contributed by atoms with Crippen molar-refractivity contribution >= 4 is 27.5 Å². The second-order valence-corrected chi connectivity index (χ2v) is 9.25. The fourth-order valence-corrected chi connectivity index (χ4v) is 5.31. The number of likely N-dealkylation sites (tertiary alicyclic amines) is 1. The molecule has 8 heteroatoms. The maximum absolute atomic E-state index is 12.8. The van der Waals surface area contributed by atoms with Gasteiger partial charge >= 0.3 is 0 Å². The molecule has 2 aromatic heterocycles. The van der Waals surface area contributed by atoms with Crippen molar-refractivity contribution in [2.75, 3.05) is 26.3 Å². The summed E-state index contributed by atoms with van der Waals surface area (Å²) in [5.41, 5.74) is 1.01. The molecule has 30 heavy (non-hydrogen) atoms. The van der Waals surface area contributed by atoms with Crippen molar-refractivity contribution in [2.24, 2.45) is 0 Å². The number of benzene rings is 1. The van der Waals surface area contributed by atoms with Gasteiger partial charge in [-0.15, -0.1) is 11.3 Å². The second kappa shape index (κ2) is 8.81. The fourth-order valence-electron chi connectivity index (χ4n) is 4.34. The zero-order valence-electron chi connectivity index (χ0n) is 17.0. The van der Waals surface area contributed by atoms with Crippen molar-refractivity contribution in [1.82, 2.24) is 20.0 Å². The Morgan fingerprint density at radius 2 is 2.00 bits per heavy atom. The Kier molecular flexibility index (Phi) is 5.77. The molecular weight excluding hydrogens is 400 g/mol. The molecule has 2 aliphatic rings. The molecule has 0 bridgehead atoms. The van der Waals surface area contributed by atoms with Gasteiger partial charge in [0.15, 0.2) is 5.82 Å². The molecule has 2 aliphatic heterocycles. The Balaban J connectivity index is 1.18. The molecule has 1 amide bonds. The maximum Gasteiger partial charge on any atom is 0.231 e. The van der Waals surface area contributed by atoms with E-state index < -0.39 is 0 Å². The van der Waals surface area contributed by atoms with E-state index in [-0.39, 0.29) is 11.8 Å². The monoisotopic (exact) mass is 426 g/mol. The van der Waals surface area contributed by atoms with Gasteiger partial charge in [0, 0.05) is 45.1 Å². The first-order valence-corrected chi connectivity index (χ1v) is 11.6. The minimum atomic E-state index is 0.131. The summed E-state index contributed by atoms with van der Waals surface area (Å²) >= 11 is 1.68. The zero-order chi connectivity index (χ0) is 20.3. The van der Waals surface area contributed by atoms with E-state index in [1.807, 2.05) is 23.1 Å². The molecule has 4 heterocycles. The number of nitrogens with zero attached hydrogens (tertiary/aromatic N) is 4. The van der Waals surface area contributed by atoms with Gasteiger partial charge in [-0.25, -0.2) is 4.98 Å². The predicted octanol–water partition coefficient (Wildman–Crippen LogP) is 3.91. The quantitative estimate of drug-likeness (QED) is 0.615. The third-order valence-electron chi connectivity index (χ3n) is 6.06. The van der Waals surface area contributed by atoms with Crippen LogP contribution in [0.25, 0.3) is 10.2 Å². The highest BCUT2D eigenvalue weighted by Gasteiger charge is 2.30. The molecule has 2 fully saturated rings. The van der Waals surface area contributed by atoms with E-state index >= 15 is 0 Å². The SMILES string of the molecule is O=C(CCc1nc2ccccc2s1)N1CCCC(c2nc(C3CCOCC3)no2)C1. The molecule has 3 aromatic rings. The Hall–Kier alpha value is -2.32. The first kappa shape index (κ1) is 19.6. The summed E-state index contributed by atoms with van der Waals surface area (Å²) in [5.74, 6) is 2.12. The van der Waals surface area contributed by atoms with Gasteiger partial charge in [0.25, 0.3) is 0 Å². The lowest BCUT2D eigenvalue weighted by molar-refractivity contribution is -0.132. The van der Waals surface area contributed by atoms with Crippen molar-refractivity contribution < 1.29 is 14.1 Å². The van der Waals surface area contributed by atoms with Crippen molar-refractivity contribution in [3.05, 3.63) is 41.0 Å². The highest BCUT2D eigenvalue weighted by atomic mass is 32.1. The summed E-state index contributed by atoms with van der Waals surface area (Å²) in [6, 6.07) is 8.11. The normalized spacial score (nSPS) is 20.7. The predicted molar refractivity (Wildman–Crippen MR) is 114 cm³/mol. The number of hydrogen-bond donors (Lipinski definition) is 0. The molecule has 7 nitrogen and oxygen atoms in total. The lowest BCUT2D eigenvalue weighted by atomic mass is 9.97. The number of aryl methyl sites for hydroxylation is 1. The van der Waals surface area contributed by atoms with E-state index in [2.05, 4.69) is 21.2 Å². The maximum atomic E-state index is 12.8. The number of hydrogen-bond acceptors (Lipinski definition) is 7. The standard InChI is InChI=1S/C22H26N4O3S/c27-20(8-7-19-23-17-5-1-2-6-18(17)30-19)26-11-3-4-16(14-26)22-24-21(25-29-22)15-9-12-28-13-10-15/h1-2,5-6,15-16H,3-4,7-14H2. The number of rotatable bonds is 5. The number of fused-ring (bicyclic) bond motifs is 1. The number of carbonyl (C=O) groups is 1. The van der Waals surface area contributed by atoms with Crippen LogP contribution < -0.4 is 0 Å². The van der Waals surface area contributed by atoms with E-state index in [0.717, 1.165) is 61.8 Å². The van der Waals surface area contributed by atoms with Gasteiger partial charge in [-0.2, -0.15) is 4.98 Å². The van der Waals surface area contributed by atoms with Crippen LogP contribution in [0.3, 0.4) is 0 Å². The average Bonchev–Trinajstić information content (AvgIpc) is 3.45. The largest absolute Gasteiger partial charge is 0.381 e. The molecule has 0 saturated carbocycles. The number of thiazole rings is 1. The number of aromatic nitrogens is 3. The molecule has 1 unspecified atom stereocenters. The van der Waals surface area contributed by atoms with Crippen molar-refractivity contribution in [1.29, 1.82) is 0 Å². The zero-order valence-corrected chi connectivity index (χ0v) is 17.8. The summed E-state index contributed by atoms with van der Waals surface area (Å²) in [4.78, 5) is 24.1. The molecule has 0 aliphatic carbocycles. The first-order chi connectivity index (χ1) is 14.8. The van der Waals surface area contributed by atoms with E-state index in [1.165, 1.54) is 4.70 Å². The van der Waals surface area contributed by atoms with E-state index in [1.54, 1.807) is 11.3 Å². The lowest BCUT2D eigenvalue weighted by Gasteiger charge is -2.31. The summed E-state index contributed by atoms with van der Waals surface area (Å²) < 4.78 is 12.2. The highest BCUT2D eigenvalue weighted by molar-refractivity contribution is 7.18. The third kappa shape index (κ3) is 4.25. The van der Waals surface area contributed by atoms with Crippen LogP contribution in [-0.2, 0) is 16.0 Å². The highest BCUT2D eigenvalue weighted by Crippen LogP contribution is 2.30. The molecule has 158 valence electrons. The van der Waals surface area contributed by atoms with Crippen LogP contribution >= 0.6 is 11.3 Å². The molecule has 1 atom stereocenters. The summed E-state index contributed by atoms with van der Waals surface area (Å²) in [6.07, 6.45) is 5.02. The third-order valence-corrected chi connectivity index (χ3v) is 7.15. The summed E-state index contributed by atoms with van der Waals surface area (Å²) in [5, 5.41) is 5.25. The van der Waals surface area contributed by atoms with E-state index in [4.69, 9.17) is 9.26 Å². The molecule has 0 N–H and O–H groups in total. The van der Waals surface area contributed by atoms with E-state index in [0.29, 0.717) is 31.2 Å². The van der Waals surface area contributed by atoms with Gasteiger partial charge in [0.05, 0.1) is 21.1 Å². The van der Waals surface area contributed by atoms with Crippen LogP contribution in [0.15, 0.2) is 28.8 Å². The van der Waals surface area contributed by atoms with Crippen LogP contribution in [0.1, 0.15) is 60.7 Å². The molecule has 0 spiro atoms. The van der Waals surface area contributed by atoms with Crippen molar-refractivity contribution in [3.8, 4) is 0 Å². The smallest absolute Gasteiger partial charge is 0.231 e. The van der Waals surface area contributed by atoms with Crippen molar-refractivity contribution in [3.63, 3.8) is 0 Å². The Morgan fingerprint density at radius 3 is 2.87 bits per heavy atom. The van der Waals surface area contributed by atoms with Crippen LogP contribution in [0.5, 0.6) is 0 Å². The van der Waals surface area contributed by atoms with Gasteiger partial charge in [-0.3, -0.25) is 4.79 Å². The number of carbonyl (C=O) groups excluding carboxylic acids is 1. The molecule has 5 rings (SSSR count). The van der Waals surface area contributed by atoms with Gasteiger partial charge in [-0.1, -0.05) is 17.3 Å². The Labute approximate surface area is 179 Å². The topological polar surface area (TPSA) is 81.4 Å². The summed E-state index contributed by atoms with van der Waals surface area (Å²) in [7, 11) is 0. The summed E-state index contributed by atoms with van der Waals surface area (Å²) in [6.45, 7) is 2.98. The first-order valence-electron chi connectivity index (χ1n) is 10.8. The molecule has 1 aromatic carbocycles. The Bertz CT molecular complexity index is 978. The van der Waals surface area contributed by atoms with Gasteiger partial charge in [-0.05, 0) is 37.8 Å². The Morgan fingerprint density at radius 1 is 1.13 bits per heavy atom. The van der Waals surface area contributed by atoms with Crippen LogP contribution in [0.2, 0.25) is 0 Å². The van der Waals surface area contributed by atoms with E-state index in [9.17, 15) is 4.79 Å².